The fourth-order valence-electron chi connectivity index (χ4n) is 3.61. The van der Waals surface area contributed by atoms with Crippen LogP contribution in [0.5, 0.6) is 0 Å². The Labute approximate surface area is 173 Å². The van der Waals surface area contributed by atoms with E-state index in [0.717, 1.165) is 17.5 Å². The molecule has 1 aliphatic rings. The number of aliphatic hydroxyl groups excluding tert-OH is 1. The van der Waals surface area contributed by atoms with Crippen LogP contribution in [-0.2, 0) is 17.9 Å². The van der Waals surface area contributed by atoms with Gasteiger partial charge in [0.15, 0.2) is 12.6 Å². The minimum Gasteiger partial charge on any atom is -0.364 e. The summed E-state index contributed by atoms with van der Waals surface area (Å²) in [7, 11) is 0. The van der Waals surface area contributed by atoms with E-state index < -0.39 is 6.29 Å². The molecule has 7 nitrogen and oxygen atoms in total. The zero-order valence-corrected chi connectivity index (χ0v) is 16.4. The third-order valence-corrected chi connectivity index (χ3v) is 5.34. The molecule has 30 heavy (non-hydrogen) atoms. The van der Waals surface area contributed by atoms with Gasteiger partial charge < -0.3 is 14.2 Å². The highest BCUT2D eigenvalue weighted by Crippen LogP contribution is 2.40. The SMILES string of the molecule is O=Cc1cc(C2CC2)cn2cc(Cn3cc(C(O)OCc4ccccc4)cn3)nc12. The Morgan fingerprint density at radius 3 is 2.80 bits per heavy atom. The normalized spacial score (nSPS) is 14.8. The van der Waals surface area contributed by atoms with Crippen LogP contribution < -0.4 is 0 Å². The first-order chi connectivity index (χ1) is 14.7. The van der Waals surface area contributed by atoms with E-state index in [4.69, 9.17) is 4.74 Å². The summed E-state index contributed by atoms with van der Waals surface area (Å²) in [6.07, 6.45) is 9.49. The lowest BCUT2D eigenvalue weighted by Crippen LogP contribution is -2.03. The molecule has 1 atom stereocenters. The van der Waals surface area contributed by atoms with E-state index in [1.165, 1.54) is 18.4 Å². The molecule has 1 saturated carbocycles. The van der Waals surface area contributed by atoms with Crippen LogP contribution in [0, 0.1) is 0 Å². The molecular formula is C23H22N4O3. The number of hydrogen-bond acceptors (Lipinski definition) is 5. The highest BCUT2D eigenvalue weighted by molar-refractivity contribution is 5.84. The summed E-state index contributed by atoms with van der Waals surface area (Å²) in [5.74, 6) is 0.560. The quantitative estimate of drug-likeness (QED) is 0.360. The molecule has 152 valence electrons. The van der Waals surface area contributed by atoms with Crippen LogP contribution in [0.15, 0.2) is 61.2 Å². The van der Waals surface area contributed by atoms with Crippen LogP contribution in [0.25, 0.3) is 5.65 Å². The minimum absolute atomic E-state index is 0.317. The van der Waals surface area contributed by atoms with Gasteiger partial charge in [-0.15, -0.1) is 0 Å². The molecule has 0 radical (unpaired) electrons. The predicted molar refractivity (Wildman–Crippen MR) is 110 cm³/mol. The van der Waals surface area contributed by atoms with Crippen molar-refractivity contribution in [3.05, 3.63) is 89.1 Å². The summed E-state index contributed by atoms with van der Waals surface area (Å²) in [4.78, 5) is 16.1. The number of carbonyl (C=O) groups excluding carboxylic acids is 1. The third kappa shape index (κ3) is 3.90. The summed E-state index contributed by atoms with van der Waals surface area (Å²) in [6.45, 7) is 0.752. The molecule has 3 heterocycles. The lowest BCUT2D eigenvalue weighted by molar-refractivity contribution is -0.112. The number of aliphatic hydroxyl groups is 1. The number of rotatable bonds is 8. The summed E-state index contributed by atoms with van der Waals surface area (Å²) < 4.78 is 9.17. The number of benzene rings is 1. The van der Waals surface area contributed by atoms with E-state index in [2.05, 4.69) is 16.3 Å². The standard InChI is InChI=1S/C23H22N4O3/c28-14-19-8-18(17-6-7-17)10-26-12-21(25-22(19)26)13-27-11-20(9-24-27)23(29)30-15-16-4-2-1-3-5-16/h1-5,8-12,14,17,23,29H,6-7,13,15H2. The number of pyridine rings is 1. The number of ether oxygens (including phenoxy) is 1. The van der Waals surface area contributed by atoms with Crippen molar-refractivity contribution < 1.29 is 14.6 Å². The van der Waals surface area contributed by atoms with Crippen molar-refractivity contribution >= 4 is 11.9 Å². The molecule has 0 amide bonds. The van der Waals surface area contributed by atoms with E-state index in [1.807, 2.05) is 47.0 Å². The van der Waals surface area contributed by atoms with Crippen LogP contribution in [0.3, 0.4) is 0 Å². The molecule has 1 N–H and O–H groups in total. The number of nitrogens with zero attached hydrogens (tertiary/aromatic N) is 4. The van der Waals surface area contributed by atoms with Gasteiger partial charge in [-0.3, -0.25) is 9.48 Å². The minimum atomic E-state index is -1.05. The molecule has 0 spiro atoms. The monoisotopic (exact) mass is 402 g/mol. The molecule has 7 heteroatoms. The second-order valence-electron chi connectivity index (χ2n) is 7.70. The second-order valence-corrected chi connectivity index (χ2v) is 7.70. The van der Waals surface area contributed by atoms with E-state index in [9.17, 15) is 9.90 Å². The number of carbonyl (C=O) groups is 1. The molecule has 3 aromatic heterocycles. The van der Waals surface area contributed by atoms with Crippen LogP contribution >= 0.6 is 0 Å². The van der Waals surface area contributed by atoms with Crippen molar-refractivity contribution in [3.8, 4) is 0 Å². The number of hydrogen-bond donors (Lipinski definition) is 1. The van der Waals surface area contributed by atoms with Crippen molar-refractivity contribution in [2.45, 2.75) is 38.2 Å². The Morgan fingerprint density at radius 2 is 2.03 bits per heavy atom. The predicted octanol–water partition coefficient (Wildman–Crippen LogP) is 3.48. The molecule has 1 unspecified atom stereocenters. The zero-order valence-electron chi connectivity index (χ0n) is 16.4. The molecule has 4 aromatic rings. The van der Waals surface area contributed by atoms with Crippen LogP contribution in [0.4, 0.5) is 0 Å². The maximum absolute atomic E-state index is 11.5. The van der Waals surface area contributed by atoms with Gasteiger partial charge in [0.25, 0.3) is 0 Å². The fourth-order valence-corrected chi connectivity index (χ4v) is 3.61. The van der Waals surface area contributed by atoms with Gasteiger partial charge in [0.05, 0.1) is 30.6 Å². The topological polar surface area (TPSA) is 81.7 Å². The van der Waals surface area contributed by atoms with Gasteiger partial charge in [0.1, 0.15) is 5.65 Å². The van der Waals surface area contributed by atoms with E-state index in [0.29, 0.717) is 35.8 Å². The van der Waals surface area contributed by atoms with Gasteiger partial charge in [0.2, 0.25) is 0 Å². The van der Waals surface area contributed by atoms with Gasteiger partial charge in [-0.2, -0.15) is 5.10 Å². The molecule has 0 bridgehead atoms. The van der Waals surface area contributed by atoms with Crippen LogP contribution in [-0.4, -0.2) is 30.6 Å². The lowest BCUT2D eigenvalue weighted by Gasteiger charge is -2.09. The Hall–Kier alpha value is -3.29. The number of fused-ring (bicyclic) bond motifs is 1. The third-order valence-electron chi connectivity index (χ3n) is 5.34. The van der Waals surface area contributed by atoms with Gasteiger partial charge in [0, 0.05) is 24.2 Å². The smallest absolute Gasteiger partial charge is 0.184 e. The molecule has 0 saturated heterocycles. The molecule has 1 aromatic carbocycles. The largest absolute Gasteiger partial charge is 0.364 e. The fraction of sp³-hybridized carbons (Fsp3) is 0.261. The molecule has 0 aliphatic heterocycles. The number of aldehydes is 1. The highest BCUT2D eigenvalue weighted by Gasteiger charge is 2.25. The van der Waals surface area contributed by atoms with Crippen molar-refractivity contribution in [1.82, 2.24) is 19.2 Å². The summed E-state index contributed by atoms with van der Waals surface area (Å²) in [6, 6.07) is 11.6. The maximum Gasteiger partial charge on any atom is 0.184 e. The first kappa shape index (κ1) is 18.7. The Balaban J connectivity index is 1.29. The van der Waals surface area contributed by atoms with Crippen LogP contribution in [0.2, 0.25) is 0 Å². The Morgan fingerprint density at radius 1 is 1.20 bits per heavy atom. The first-order valence-electron chi connectivity index (χ1n) is 10.0. The van der Waals surface area contributed by atoms with Crippen molar-refractivity contribution in [3.63, 3.8) is 0 Å². The average molecular weight is 402 g/mol. The molecule has 5 rings (SSSR count). The van der Waals surface area contributed by atoms with Gasteiger partial charge >= 0.3 is 0 Å². The molecule has 1 fully saturated rings. The van der Waals surface area contributed by atoms with E-state index in [-0.39, 0.29) is 0 Å². The summed E-state index contributed by atoms with van der Waals surface area (Å²) in [5.41, 5.74) is 4.82. The Kier molecular flexibility index (Phi) is 4.90. The van der Waals surface area contributed by atoms with Crippen molar-refractivity contribution in [1.29, 1.82) is 0 Å². The lowest BCUT2D eigenvalue weighted by atomic mass is 10.1. The number of imidazole rings is 1. The van der Waals surface area contributed by atoms with Gasteiger partial charge in [-0.1, -0.05) is 30.3 Å². The van der Waals surface area contributed by atoms with Crippen molar-refractivity contribution in [2.75, 3.05) is 0 Å². The van der Waals surface area contributed by atoms with Crippen LogP contribution in [0.1, 0.15) is 57.8 Å². The van der Waals surface area contributed by atoms with Gasteiger partial charge in [-0.25, -0.2) is 4.98 Å². The molecule has 1 aliphatic carbocycles. The summed E-state index contributed by atoms with van der Waals surface area (Å²) >= 11 is 0. The van der Waals surface area contributed by atoms with Crippen molar-refractivity contribution in [2.24, 2.45) is 0 Å². The first-order valence-corrected chi connectivity index (χ1v) is 10.0. The average Bonchev–Trinajstić information content (AvgIpc) is 3.39. The molecular weight excluding hydrogens is 380 g/mol. The zero-order chi connectivity index (χ0) is 20.5. The van der Waals surface area contributed by atoms with E-state index in [1.54, 1.807) is 17.1 Å². The summed E-state index contributed by atoms with van der Waals surface area (Å²) in [5, 5.41) is 14.6. The van der Waals surface area contributed by atoms with E-state index >= 15 is 0 Å². The highest BCUT2D eigenvalue weighted by atomic mass is 16.6. The van der Waals surface area contributed by atoms with Gasteiger partial charge in [-0.05, 0) is 36.0 Å². The second kappa shape index (κ2) is 7.85. The maximum atomic E-state index is 11.5. The number of aromatic nitrogens is 4. The Bertz CT molecular complexity index is 1180.